The number of rotatable bonds is 3. The van der Waals surface area contributed by atoms with E-state index in [1.165, 1.54) is 10.3 Å². The molecule has 0 fully saturated rings. The van der Waals surface area contributed by atoms with Crippen LogP contribution in [0.3, 0.4) is 0 Å². The van der Waals surface area contributed by atoms with Gasteiger partial charge in [-0.3, -0.25) is 4.79 Å². The summed E-state index contributed by atoms with van der Waals surface area (Å²) in [4.78, 5) is 17.0. The third kappa shape index (κ3) is 3.30. The van der Waals surface area contributed by atoms with E-state index in [9.17, 15) is 4.79 Å². The Kier molecular flexibility index (Phi) is 4.14. The minimum Gasteiger partial charge on any atom is -0.399 e. The van der Waals surface area contributed by atoms with E-state index < -0.39 is 0 Å². The Morgan fingerprint density at radius 2 is 1.73 bits per heavy atom. The molecule has 4 nitrogen and oxygen atoms in total. The minimum atomic E-state index is -0.159. The smallest absolute Gasteiger partial charge is 0.255 e. The summed E-state index contributed by atoms with van der Waals surface area (Å²) in [7, 11) is 0. The number of nitrogens with one attached hydrogen (secondary N) is 1. The second-order valence-corrected chi connectivity index (χ2v) is 7.17. The van der Waals surface area contributed by atoms with Crippen molar-refractivity contribution >= 4 is 38.8 Å². The topological polar surface area (TPSA) is 68.0 Å². The summed E-state index contributed by atoms with van der Waals surface area (Å²) in [5.41, 5.74) is 10.9. The molecule has 0 saturated heterocycles. The Morgan fingerprint density at radius 3 is 2.46 bits per heavy atom. The normalized spacial score (nSPS) is 10.8. The summed E-state index contributed by atoms with van der Waals surface area (Å²) in [6, 6.07) is 20.9. The van der Waals surface area contributed by atoms with Crippen LogP contribution in [-0.2, 0) is 0 Å². The van der Waals surface area contributed by atoms with Crippen molar-refractivity contribution in [2.75, 3.05) is 11.1 Å². The van der Waals surface area contributed by atoms with E-state index in [1.54, 1.807) is 35.6 Å². The highest BCUT2D eigenvalue weighted by molar-refractivity contribution is 7.21. The molecule has 1 aromatic heterocycles. The van der Waals surface area contributed by atoms with Crippen molar-refractivity contribution in [2.45, 2.75) is 6.92 Å². The fraction of sp³-hybridized carbons (Fsp3) is 0.0476. The van der Waals surface area contributed by atoms with E-state index >= 15 is 0 Å². The number of benzene rings is 3. The molecule has 3 aromatic carbocycles. The van der Waals surface area contributed by atoms with Gasteiger partial charge in [-0.15, -0.1) is 11.3 Å². The molecule has 0 saturated carbocycles. The first kappa shape index (κ1) is 16.3. The van der Waals surface area contributed by atoms with E-state index in [2.05, 4.69) is 29.4 Å². The lowest BCUT2D eigenvalue weighted by Crippen LogP contribution is -2.11. The highest BCUT2D eigenvalue weighted by atomic mass is 32.1. The molecule has 1 amide bonds. The van der Waals surface area contributed by atoms with Crippen LogP contribution in [0.5, 0.6) is 0 Å². The average molecular weight is 359 g/mol. The summed E-state index contributed by atoms with van der Waals surface area (Å²) >= 11 is 1.67. The number of nitrogens with zero attached hydrogens (tertiary/aromatic N) is 1. The van der Waals surface area contributed by atoms with Crippen LogP contribution < -0.4 is 11.1 Å². The number of thiazole rings is 1. The Hall–Kier alpha value is -3.18. The van der Waals surface area contributed by atoms with Crippen LogP contribution in [0.2, 0.25) is 0 Å². The van der Waals surface area contributed by atoms with Gasteiger partial charge in [0.1, 0.15) is 5.01 Å². The van der Waals surface area contributed by atoms with Gasteiger partial charge < -0.3 is 11.1 Å². The number of fused-ring (bicyclic) bond motifs is 1. The van der Waals surface area contributed by atoms with Gasteiger partial charge in [-0.25, -0.2) is 4.98 Å². The predicted molar refractivity (Wildman–Crippen MR) is 109 cm³/mol. The van der Waals surface area contributed by atoms with Crippen molar-refractivity contribution in [3.05, 3.63) is 77.9 Å². The number of aromatic nitrogens is 1. The zero-order valence-corrected chi connectivity index (χ0v) is 15.0. The molecule has 0 atom stereocenters. The van der Waals surface area contributed by atoms with Crippen LogP contribution in [0.25, 0.3) is 20.8 Å². The van der Waals surface area contributed by atoms with Crippen molar-refractivity contribution in [1.82, 2.24) is 4.98 Å². The number of anilines is 2. The third-order valence-electron chi connectivity index (χ3n) is 4.11. The van der Waals surface area contributed by atoms with Gasteiger partial charge in [-0.2, -0.15) is 0 Å². The van der Waals surface area contributed by atoms with Gasteiger partial charge in [0.2, 0.25) is 0 Å². The van der Waals surface area contributed by atoms with E-state index in [4.69, 9.17) is 5.73 Å². The highest BCUT2D eigenvalue weighted by Crippen LogP contribution is 2.31. The number of carbonyl (C=O) groups excluding carboxylic acids is 1. The molecule has 0 aliphatic rings. The van der Waals surface area contributed by atoms with Crippen molar-refractivity contribution in [3.63, 3.8) is 0 Å². The molecule has 128 valence electrons. The summed E-state index contributed by atoms with van der Waals surface area (Å²) in [5.74, 6) is -0.159. The summed E-state index contributed by atoms with van der Waals surface area (Å²) in [5, 5.41) is 3.87. The third-order valence-corrected chi connectivity index (χ3v) is 5.17. The zero-order valence-electron chi connectivity index (χ0n) is 14.2. The molecule has 0 radical (unpaired) electrons. The lowest BCUT2D eigenvalue weighted by atomic mass is 10.1. The van der Waals surface area contributed by atoms with E-state index in [-0.39, 0.29) is 5.91 Å². The summed E-state index contributed by atoms with van der Waals surface area (Å²) < 4.78 is 1.18. The van der Waals surface area contributed by atoms with E-state index in [0.29, 0.717) is 11.3 Å². The highest BCUT2D eigenvalue weighted by Gasteiger charge is 2.08. The van der Waals surface area contributed by atoms with E-state index in [0.717, 1.165) is 21.8 Å². The van der Waals surface area contributed by atoms with E-state index in [1.807, 2.05) is 30.3 Å². The van der Waals surface area contributed by atoms with Gasteiger partial charge >= 0.3 is 0 Å². The number of amides is 1. The number of nitrogens with two attached hydrogens (primary N) is 1. The molecule has 0 bridgehead atoms. The molecular weight excluding hydrogens is 342 g/mol. The van der Waals surface area contributed by atoms with Gasteiger partial charge in [0.05, 0.1) is 10.2 Å². The molecule has 0 spiro atoms. The summed E-state index contributed by atoms with van der Waals surface area (Å²) in [6.45, 7) is 2.08. The van der Waals surface area contributed by atoms with Crippen LogP contribution in [0.4, 0.5) is 11.4 Å². The molecule has 0 unspecified atom stereocenters. The van der Waals surface area contributed by atoms with Crippen LogP contribution in [0.15, 0.2) is 66.7 Å². The Labute approximate surface area is 155 Å². The number of aryl methyl sites for hydroxylation is 1. The lowest BCUT2D eigenvalue weighted by Gasteiger charge is -2.06. The zero-order chi connectivity index (χ0) is 18.1. The second kappa shape index (κ2) is 6.61. The number of hydrogen-bond acceptors (Lipinski definition) is 4. The van der Waals surface area contributed by atoms with Crippen molar-refractivity contribution in [3.8, 4) is 10.6 Å². The molecule has 0 aliphatic carbocycles. The number of hydrogen-bond donors (Lipinski definition) is 2. The largest absolute Gasteiger partial charge is 0.399 e. The van der Waals surface area contributed by atoms with Gasteiger partial charge in [0, 0.05) is 22.5 Å². The van der Waals surface area contributed by atoms with Gasteiger partial charge in [-0.1, -0.05) is 6.07 Å². The van der Waals surface area contributed by atoms with Gasteiger partial charge in [-0.05, 0) is 73.2 Å². The van der Waals surface area contributed by atoms with Crippen molar-refractivity contribution in [1.29, 1.82) is 0 Å². The molecule has 5 heteroatoms. The minimum absolute atomic E-state index is 0.159. The Bertz CT molecular complexity index is 1080. The molecule has 3 N–H and O–H groups in total. The Morgan fingerprint density at radius 1 is 1.00 bits per heavy atom. The second-order valence-electron chi connectivity index (χ2n) is 6.14. The molecule has 1 heterocycles. The van der Waals surface area contributed by atoms with Crippen LogP contribution in [-0.4, -0.2) is 10.9 Å². The monoisotopic (exact) mass is 359 g/mol. The maximum Gasteiger partial charge on any atom is 0.255 e. The first-order valence-electron chi connectivity index (χ1n) is 8.23. The van der Waals surface area contributed by atoms with Crippen molar-refractivity contribution < 1.29 is 4.79 Å². The standard InChI is InChI=1S/C21H17N3OS/c1-13-2-11-18-19(12-13)26-21(24-18)15-5-9-17(10-6-15)23-20(25)14-3-7-16(22)8-4-14/h2-12H,22H2,1H3,(H,23,25). The molecule has 0 aliphatic heterocycles. The lowest BCUT2D eigenvalue weighted by molar-refractivity contribution is 0.102. The van der Waals surface area contributed by atoms with Gasteiger partial charge in [0.15, 0.2) is 0 Å². The van der Waals surface area contributed by atoms with Crippen LogP contribution >= 0.6 is 11.3 Å². The quantitative estimate of drug-likeness (QED) is 0.500. The maximum atomic E-state index is 12.3. The van der Waals surface area contributed by atoms with Crippen LogP contribution in [0, 0.1) is 6.92 Å². The SMILES string of the molecule is Cc1ccc2nc(-c3ccc(NC(=O)c4ccc(N)cc4)cc3)sc2c1. The molecule has 4 aromatic rings. The molecule has 4 rings (SSSR count). The fourth-order valence-electron chi connectivity index (χ4n) is 2.69. The first-order chi connectivity index (χ1) is 12.6. The van der Waals surface area contributed by atoms with Gasteiger partial charge in [0.25, 0.3) is 5.91 Å². The van der Waals surface area contributed by atoms with Crippen molar-refractivity contribution in [2.24, 2.45) is 0 Å². The number of carbonyl (C=O) groups is 1. The fourth-order valence-corrected chi connectivity index (χ4v) is 3.76. The van der Waals surface area contributed by atoms with Crippen LogP contribution in [0.1, 0.15) is 15.9 Å². The average Bonchev–Trinajstić information content (AvgIpc) is 3.06. The first-order valence-corrected chi connectivity index (χ1v) is 9.05. The maximum absolute atomic E-state index is 12.3. The Balaban J connectivity index is 1.54. The number of nitrogen functional groups attached to an aromatic ring is 1. The molecule has 26 heavy (non-hydrogen) atoms. The predicted octanol–water partition coefficient (Wildman–Crippen LogP) is 5.11. The summed E-state index contributed by atoms with van der Waals surface area (Å²) in [6.07, 6.45) is 0. The molecular formula is C21H17N3OS.